The van der Waals surface area contributed by atoms with Gasteiger partial charge in [-0.2, -0.15) is 0 Å². The SMILES string of the molecule is CCCNC(=O)COC(=O)/C=C/c1cccc(OC)c1OC. The van der Waals surface area contributed by atoms with Gasteiger partial charge in [-0.25, -0.2) is 4.79 Å². The maximum atomic E-state index is 11.6. The first-order valence-corrected chi connectivity index (χ1v) is 6.94. The van der Waals surface area contributed by atoms with Crippen molar-refractivity contribution in [3.05, 3.63) is 29.8 Å². The van der Waals surface area contributed by atoms with Crippen molar-refractivity contribution in [3.8, 4) is 11.5 Å². The minimum atomic E-state index is -0.600. The number of nitrogens with one attached hydrogen (secondary N) is 1. The minimum absolute atomic E-state index is 0.293. The normalized spacial score (nSPS) is 10.3. The molecule has 0 bridgehead atoms. The molecule has 0 heterocycles. The molecule has 0 saturated heterocycles. The van der Waals surface area contributed by atoms with E-state index in [0.717, 1.165) is 6.42 Å². The summed E-state index contributed by atoms with van der Waals surface area (Å²) in [7, 11) is 3.06. The number of rotatable bonds is 8. The molecule has 0 aromatic heterocycles. The van der Waals surface area contributed by atoms with Gasteiger partial charge in [-0.3, -0.25) is 4.79 Å². The Morgan fingerprint density at radius 2 is 2.00 bits per heavy atom. The second-order valence-electron chi connectivity index (χ2n) is 4.37. The van der Waals surface area contributed by atoms with Crippen LogP contribution >= 0.6 is 0 Å². The van der Waals surface area contributed by atoms with Crippen molar-refractivity contribution in [2.45, 2.75) is 13.3 Å². The average molecular weight is 307 g/mol. The van der Waals surface area contributed by atoms with Gasteiger partial charge >= 0.3 is 5.97 Å². The third-order valence-corrected chi connectivity index (χ3v) is 2.75. The standard InChI is InChI=1S/C16H21NO5/c1-4-10-17-14(18)11-22-15(19)9-8-12-6-5-7-13(20-2)16(12)21-3/h5-9H,4,10-11H2,1-3H3,(H,17,18)/b9-8+. The lowest BCUT2D eigenvalue weighted by molar-refractivity contribution is -0.143. The van der Waals surface area contributed by atoms with Crippen molar-refractivity contribution >= 4 is 18.0 Å². The third kappa shape index (κ3) is 5.47. The summed E-state index contributed by atoms with van der Waals surface area (Å²) in [5.41, 5.74) is 0.675. The first-order chi connectivity index (χ1) is 10.6. The summed E-state index contributed by atoms with van der Waals surface area (Å²) in [5.74, 6) is 0.172. The molecule has 1 amide bonds. The third-order valence-electron chi connectivity index (χ3n) is 2.75. The molecule has 0 saturated carbocycles. The van der Waals surface area contributed by atoms with Gasteiger partial charge in [-0.15, -0.1) is 0 Å². The Bertz CT molecular complexity index is 539. The highest BCUT2D eigenvalue weighted by Gasteiger charge is 2.08. The molecule has 1 aromatic rings. The van der Waals surface area contributed by atoms with Gasteiger partial charge in [0.25, 0.3) is 5.91 Å². The van der Waals surface area contributed by atoms with Crippen LogP contribution in [0.1, 0.15) is 18.9 Å². The van der Waals surface area contributed by atoms with Crippen LogP contribution in [-0.2, 0) is 14.3 Å². The van der Waals surface area contributed by atoms with Crippen LogP contribution in [-0.4, -0.2) is 39.2 Å². The van der Waals surface area contributed by atoms with Crippen molar-refractivity contribution in [3.63, 3.8) is 0 Å². The summed E-state index contributed by atoms with van der Waals surface area (Å²) < 4.78 is 15.3. The minimum Gasteiger partial charge on any atom is -0.493 e. The number of ether oxygens (including phenoxy) is 3. The maximum absolute atomic E-state index is 11.6. The molecular weight excluding hydrogens is 286 g/mol. The van der Waals surface area contributed by atoms with E-state index in [1.54, 1.807) is 24.3 Å². The van der Waals surface area contributed by atoms with Crippen LogP contribution in [0.2, 0.25) is 0 Å². The van der Waals surface area contributed by atoms with Gasteiger partial charge in [0.15, 0.2) is 18.1 Å². The van der Waals surface area contributed by atoms with E-state index in [-0.39, 0.29) is 12.5 Å². The lowest BCUT2D eigenvalue weighted by Crippen LogP contribution is -2.28. The van der Waals surface area contributed by atoms with E-state index in [2.05, 4.69) is 5.32 Å². The van der Waals surface area contributed by atoms with E-state index < -0.39 is 5.97 Å². The molecule has 0 unspecified atom stereocenters. The van der Waals surface area contributed by atoms with Crippen molar-refractivity contribution in [1.82, 2.24) is 5.32 Å². The molecule has 1 N–H and O–H groups in total. The van der Waals surface area contributed by atoms with E-state index in [0.29, 0.717) is 23.6 Å². The van der Waals surface area contributed by atoms with Crippen LogP contribution in [0, 0.1) is 0 Å². The highest BCUT2D eigenvalue weighted by Crippen LogP contribution is 2.31. The first-order valence-electron chi connectivity index (χ1n) is 6.94. The average Bonchev–Trinajstić information content (AvgIpc) is 2.55. The Morgan fingerprint density at radius 3 is 2.64 bits per heavy atom. The predicted octanol–water partition coefficient (Wildman–Crippen LogP) is 1.79. The van der Waals surface area contributed by atoms with Crippen LogP contribution in [0.3, 0.4) is 0 Å². The van der Waals surface area contributed by atoms with Gasteiger partial charge in [0.2, 0.25) is 0 Å². The molecule has 22 heavy (non-hydrogen) atoms. The molecule has 0 spiro atoms. The number of hydrogen-bond donors (Lipinski definition) is 1. The Morgan fingerprint density at radius 1 is 1.23 bits per heavy atom. The first kappa shape index (κ1) is 17.6. The van der Waals surface area contributed by atoms with Crippen molar-refractivity contribution in [1.29, 1.82) is 0 Å². The highest BCUT2D eigenvalue weighted by atomic mass is 16.5. The molecule has 0 radical (unpaired) electrons. The van der Waals surface area contributed by atoms with Gasteiger partial charge in [0.1, 0.15) is 0 Å². The molecule has 1 rings (SSSR count). The largest absolute Gasteiger partial charge is 0.493 e. The number of carbonyl (C=O) groups is 2. The van der Waals surface area contributed by atoms with Crippen molar-refractivity contribution in [2.24, 2.45) is 0 Å². The molecule has 6 nitrogen and oxygen atoms in total. The zero-order chi connectivity index (χ0) is 16.4. The summed E-state index contributed by atoms with van der Waals surface area (Å²) in [4.78, 5) is 22.9. The quantitative estimate of drug-likeness (QED) is 0.585. The summed E-state index contributed by atoms with van der Waals surface area (Å²) >= 11 is 0. The van der Waals surface area contributed by atoms with E-state index in [9.17, 15) is 9.59 Å². The fourth-order valence-electron chi connectivity index (χ4n) is 1.70. The molecule has 0 atom stereocenters. The number of methoxy groups -OCH3 is 2. The topological polar surface area (TPSA) is 73.9 Å². The lowest BCUT2D eigenvalue weighted by Gasteiger charge is -2.09. The lowest BCUT2D eigenvalue weighted by atomic mass is 10.1. The van der Waals surface area contributed by atoms with Gasteiger partial charge in [-0.05, 0) is 18.6 Å². The summed E-state index contributed by atoms with van der Waals surface area (Å²) in [6, 6.07) is 5.32. The molecule has 6 heteroatoms. The number of para-hydroxylation sites is 1. The molecule has 0 aliphatic rings. The van der Waals surface area contributed by atoms with Crippen molar-refractivity contribution < 1.29 is 23.8 Å². The van der Waals surface area contributed by atoms with Crippen LogP contribution in [0.4, 0.5) is 0 Å². The molecule has 0 aliphatic carbocycles. The summed E-state index contributed by atoms with van der Waals surface area (Å²) in [5, 5.41) is 2.62. The maximum Gasteiger partial charge on any atom is 0.331 e. The van der Waals surface area contributed by atoms with Gasteiger partial charge < -0.3 is 19.5 Å². The Balaban J connectivity index is 2.61. The fourth-order valence-corrected chi connectivity index (χ4v) is 1.70. The van der Waals surface area contributed by atoms with Gasteiger partial charge in [0, 0.05) is 18.2 Å². The van der Waals surface area contributed by atoms with E-state index in [4.69, 9.17) is 14.2 Å². The van der Waals surface area contributed by atoms with Gasteiger partial charge in [0.05, 0.1) is 14.2 Å². The number of esters is 1. The second kappa shape index (κ2) is 9.44. The van der Waals surface area contributed by atoms with E-state index >= 15 is 0 Å². The smallest absolute Gasteiger partial charge is 0.331 e. The monoisotopic (exact) mass is 307 g/mol. The van der Waals surface area contributed by atoms with E-state index in [1.165, 1.54) is 20.3 Å². The Labute approximate surface area is 130 Å². The zero-order valence-electron chi connectivity index (χ0n) is 13.0. The fraction of sp³-hybridized carbons (Fsp3) is 0.375. The molecule has 1 aromatic carbocycles. The Hall–Kier alpha value is -2.50. The van der Waals surface area contributed by atoms with Crippen LogP contribution < -0.4 is 14.8 Å². The van der Waals surface area contributed by atoms with Crippen LogP contribution in [0.5, 0.6) is 11.5 Å². The van der Waals surface area contributed by atoms with Gasteiger partial charge in [-0.1, -0.05) is 19.1 Å². The van der Waals surface area contributed by atoms with Crippen molar-refractivity contribution in [2.75, 3.05) is 27.4 Å². The zero-order valence-corrected chi connectivity index (χ0v) is 13.0. The number of carbonyl (C=O) groups excluding carboxylic acids is 2. The predicted molar refractivity (Wildman–Crippen MR) is 82.8 cm³/mol. The molecular formula is C16H21NO5. The molecule has 0 fully saturated rings. The Kier molecular flexibility index (Phi) is 7.53. The van der Waals surface area contributed by atoms with E-state index in [1.807, 2.05) is 6.92 Å². The van der Waals surface area contributed by atoms with Crippen LogP contribution in [0.15, 0.2) is 24.3 Å². The highest BCUT2D eigenvalue weighted by molar-refractivity contribution is 5.89. The summed E-state index contributed by atoms with van der Waals surface area (Å²) in [6.07, 6.45) is 3.62. The second-order valence-corrected chi connectivity index (χ2v) is 4.37. The number of amides is 1. The molecule has 0 aliphatic heterocycles. The number of hydrogen-bond acceptors (Lipinski definition) is 5. The number of benzene rings is 1. The summed E-state index contributed by atoms with van der Waals surface area (Å²) in [6.45, 7) is 2.21. The molecule has 120 valence electrons. The van der Waals surface area contributed by atoms with Crippen LogP contribution in [0.25, 0.3) is 6.08 Å².